The molecule has 0 saturated heterocycles. The van der Waals surface area contributed by atoms with Gasteiger partial charge in [-0.15, -0.1) is 11.3 Å². The number of aryl methyl sites for hydroxylation is 2. The molecule has 0 amide bonds. The van der Waals surface area contributed by atoms with E-state index >= 15 is 0 Å². The molecule has 0 aliphatic carbocycles. The highest BCUT2D eigenvalue weighted by Gasteiger charge is 2.09. The Morgan fingerprint density at radius 2 is 0.970 bits per heavy atom. The standard InChI is InChI=1S/C32H36S/c1-3-5-7-9-11-23-14-16-26-21-31-30(20-27(26)17-23)29-19-25-15-13-24(12-10-8-6-4-2)18-28(25)22-32(29)33-31/h13-22H,3-12H2,1-2H3. The molecule has 1 heterocycles. The van der Waals surface area contributed by atoms with E-state index in [1.54, 1.807) is 0 Å². The predicted molar refractivity (Wildman–Crippen MR) is 150 cm³/mol. The highest BCUT2D eigenvalue weighted by Crippen LogP contribution is 2.39. The fraction of sp³-hybridized carbons (Fsp3) is 0.375. The fourth-order valence-electron chi connectivity index (χ4n) is 5.18. The van der Waals surface area contributed by atoms with E-state index in [0.29, 0.717) is 0 Å². The Morgan fingerprint density at radius 1 is 0.485 bits per heavy atom. The smallest absolute Gasteiger partial charge is 0.0361 e. The van der Waals surface area contributed by atoms with Gasteiger partial charge in [0.1, 0.15) is 0 Å². The van der Waals surface area contributed by atoms with Crippen molar-refractivity contribution in [1.29, 1.82) is 0 Å². The summed E-state index contributed by atoms with van der Waals surface area (Å²) in [4.78, 5) is 0. The molecular formula is C32H36S. The minimum atomic E-state index is 1.20. The van der Waals surface area contributed by atoms with Gasteiger partial charge < -0.3 is 0 Å². The average Bonchev–Trinajstić information content (AvgIpc) is 3.17. The molecule has 0 aliphatic rings. The molecule has 5 aromatic rings. The van der Waals surface area contributed by atoms with Crippen LogP contribution in [0.4, 0.5) is 0 Å². The minimum Gasteiger partial charge on any atom is -0.135 e. The van der Waals surface area contributed by atoms with Crippen LogP contribution in [0.5, 0.6) is 0 Å². The highest BCUT2D eigenvalue weighted by molar-refractivity contribution is 7.26. The van der Waals surface area contributed by atoms with Crippen molar-refractivity contribution in [1.82, 2.24) is 0 Å². The molecule has 0 fully saturated rings. The Balaban J connectivity index is 1.47. The van der Waals surface area contributed by atoms with E-state index in [1.807, 2.05) is 11.3 Å². The molecule has 0 N–H and O–H groups in total. The zero-order chi connectivity index (χ0) is 22.6. The Labute approximate surface area is 202 Å². The molecule has 0 saturated carbocycles. The van der Waals surface area contributed by atoms with Gasteiger partial charge in [0.25, 0.3) is 0 Å². The van der Waals surface area contributed by atoms with Crippen LogP contribution in [-0.2, 0) is 12.8 Å². The fourth-order valence-corrected chi connectivity index (χ4v) is 6.35. The van der Waals surface area contributed by atoms with Gasteiger partial charge in [0, 0.05) is 20.2 Å². The topological polar surface area (TPSA) is 0 Å². The molecule has 33 heavy (non-hydrogen) atoms. The number of hydrogen-bond donors (Lipinski definition) is 0. The first kappa shape index (κ1) is 22.4. The van der Waals surface area contributed by atoms with E-state index in [2.05, 4.69) is 74.5 Å². The number of rotatable bonds is 10. The molecule has 0 nitrogen and oxygen atoms in total. The second-order valence-electron chi connectivity index (χ2n) is 9.78. The molecule has 0 spiro atoms. The first-order valence-electron chi connectivity index (χ1n) is 13.1. The van der Waals surface area contributed by atoms with E-state index < -0.39 is 0 Å². The summed E-state index contributed by atoms with van der Waals surface area (Å²) in [5, 5.41) is 8.33. The molecule has 0 bridgehead atoms. The predicted octanol–water partition coefficient (Wildman–Crippen LogP) is 10.6. The average molecular weight is 453 g/mol. The van der Waals surface area contributed by atoms with Crippen molar-refractivity contribution in [2.45, 2.75) is 78.1 Å². The minimum absolute atomic E-state index is 1.20. The molecule has 0 radical (unpaired) electrons. The number of hydrogen-bond acceptors (Lipinski definition) is 1. The zero-order valence-corrected chi connectivity index (χ0v) is 21.1. The van der Waals surface area contributed by atoms with Crippen LogP contribution in [0.1, 0.15) is 76.3 Å². The van der Waals surface area contributed by atoms with E-state index in [4.69, 9.17) is 0 Å². The van der Waals surface area contributed by atoms with Crippen LogP contribution in [0.2, 0.25) is 0 Å². The maximum Gasteiger partial charge on any atom is 0.0361 e. The van der Waals surface area contributed by atoms with Crippen LogP contribution < -0.4 is 0 Å². The third kappa shape index (κ3) is 4.94. The molecule has 4 aromatic carbocycles. The summed E-state index contributed by atoms with van der Waals surface area (Å²) in [6, 6.07) is 23.9. The quantitative estimate of drug-likeness (QED) is 0.185. The van der Waals surface area contributed by atoms with Gasteiger partial charge in [0.05, 0.1) is 0 Å². The number of fused-ring (bicyclic) bond motifs is 5. The normalized spacial score (nSPS) is 11.9. The van der Waals surface area contributed by atoms with Gasteiger partial charge >= 0.3 is 0 Å². The van der Waals surface area contributed by atoms with E-state index in [0.717, 1.165) is 0 Å². The van der Waals surface area contributed by atoms with Gasteiger partial charge in [-0.1, -0.05) is 88.8 Å². The number of benzene rings is 4. The molecule has 0 aliphatic heterocycles. The van der Waals surface area contributed by atoms with Crippen molar-refractivity contribution in [3.8, 4) is 0 Å². The molecule has 0 unspecified atom stereocenters. The van der Waals surface area contributed by atoms with Gasteiger partial charge in [0.15, 0.2) is 0 Å². The van der Waals surface area contributed by atoms with Crippen molar-refractivity contribution in [2.75, 3.05) is 0 Å². The summed E-state index contributed by atoms with van der Waals surface area (Å²) < 4.78 is 2.82. The maximum atomic E-state index is 2.44. The highest BCUT2D eigenvalue weighted by atomic mass is 32.1. The lowest BCUT2D eigenvalue weighted by Crippen LogP contribution is -1.86. The number of unbranched alkanes of at least 4 members (excludes halogenated alkanes) is 6. The number of thiophene rings is 1. The van der Waals surface area contributed by atoms with E-state index in [1.165, 1.54) is 117 Å². The summed E-state index contributed by atoms with van der Waals surface area (Å²) in [5.41, 5.74) is 2.96. The molecular weight excluding hydrogens is 416 g/mol. The van der Waals surface area contributed by atoms with Crippen molar-refractivity contribution >= 4 is 53.1 Å². The van der Waals surface area contributed by atoms with Crippen molar-refractivity contribution in [2.24, 2.45) is 0 Å². The summed E-state index contributed by atoms with van der Waals surface area (Å²) in [6.45, 7) is 4.56. The zero-order valence-electron chi connectivity index (χ0n) is 20.3. The van der Waals surface area contributed by atoms with Crippen LogP contribution in [0.25, 0.3) is 41.7 Å². The van der Waals surface area contributed by atoms with E-state index in [9.17, 15) is 0 Å². The third-order valence-corrected chi connectivity index (χ3v) is 8.27. The summed E-state index contributed by atoms with van der Waals surface area (Å²) in [6.07, 6.45) is 13.0. The molecule has 1 heteroatoms. The van der Waals surface area contributed by atoms with Gasteiger partial charge in [-0.05, 0) is 82.6 Å². The lowest BCUT2D eigenvalue weighted by molar-refractivity contribution is 0.667. The van der Waals surface area contributed by atoms with Crippen LogP contribution in [0.15, 0.2) is 60.7 Å². The van der Waals surface area contributed by atoms with Crippen LogP contribution in [0.3, 0.4) is 0 Å². The largest absolute Gasteiger partial charge is 0.135 e. The first-order chi connectivity index (χ1) is 16.2. The maximum absolute atomic E-state index is 2.44. The van der Waals surface area contributed by atoms with Crippen LogP contribution >= 0.6 is 11.3 Å². The SMILES string of the molecule is CCCCCCc1ccc2cc3c(cc2c1)sc1cc2ccc(CCCCCC)cc2cc13. The Bertz CT molecular complexity index is 1390. The van der Waals surface area contributed by atoms with Gasteiger partial charge in [-0.25, -0.2) is 0 Å². The molecule has 1 aromatic heterocycles. The lowest BCUT2D eigenvalue weighted by atomic mass is 9.99. The van der Waals surface area contributed by atoms with Gasteiger partial charge in [-0.2, -0.15) is 0 Å². The molecule has 5 rings (SSSR count). The first-order valence-corrected chi connectivity index (χ1v) is 13.9. The monoisotopic (exact) mass is 452 g/mol. The van der Waals surface area contributed by atoms with Crippen molar-refractivity contribution in [3.63, 3.8) is 0 Å². The van der Waals surface area contributed by atoms with Crippen LogP contribution in [-0.4, -0.2) is 0 Å². The Hall–Kier alpha value is -2.38. The lowest BCUT2D eigenvalue weighted by Gasteiger charge is -2.06. The second-order valence-corrected chi connectivity index (χ2v) is 10.9. The van der Waals surface area contributed by atoms with Gasteiger partial charge in [-0.3, -0.25) is 0 Å². The third-order valence-electron chi connectivity index (χ3n) is 7.15. The van der Waals surface area contributed by atoms with E-state index in [-0.39, 0.29) is 0 Å². The summed E-state index contributed by atoms with van der Waals surface area (Å²) >= 11 is 1.95. The van der Waals surface area contributed by atoms with Crippen molar-refractivity contribution in [3.05, 3.63) is 71.8 Å². The van der Waals surface area contributed by atoms with Crippen LogP contribution in [0, 0.1) is 0 Å². The Kier molecular flexibility index (Phi) is 6.97. The molecule has 0 atom stereocenters. The molecule has 170 valence electrons. The second kappa shape index (κ2) is 10.3. The van der Waals surface area contributed by atoms with Gasteiger partial charge in [0.2, 0.25) is 0 Å². The van der Waals surface area contributed by atoms with Crippen molar-refractivity contribution < 1.29 is 0 Å². The summed E-state index contributed by atoms with van der Waals surface area (Å²) in [5.74, 6) is 0. The Morgan fingerprint density at radius 3 is 1.55 bits per heavy atom. The summed E-state index contributed by atoms with van der Waals surface area (Å²) in [7, 11) is 0.